The smallest absolute Gasteiger partial charge is 0.273 e. The largest absolute Gasteiger partial charge is 0.347 e. The van der Waals surface area contributed by atoms with Crippen molar-refractivity contribution >= 4 is 21.8 Å². The number of benzene rings is 1. The van der Waals surface area contributed by atoms with Gasteiger partial charge in [0, 0.05) is 45.0 Å². The number of piperazine rings is 1. The highest BCUT2D eigenvalue weighted by atomic mass is 79.9. The van der Waals surface area contributed by atoms with E-state index in [1.807, 2.05) is 13.0 Å². The van der Waals surface area contributed by atoms with Crippen molar-refractivity contribution in [1.29, 1.82) is 0 Å². The summed E-state index contributed by atoms with van der Waals surface area (Å²) in [6, 6.07) is 8.42. The summed E-state index contributed by atoms with van der Waals surface area (Å²) < 4.78 is 0.716. The molecule has 1 aromatic heterocycles. The third-order valence-electron chi connectivity index (χ3n) is 4.53. The number of carbonyl (C=O) groups is 1. The van der Waals surface area contributed by atoms with E-state index in [-0.39, 0.29) is 5.91 Å². The molecule has 1 aliphatic heterocycles. The van der Waals surface area contributed by atoms with Gasteiger partial charge in [0.25, 0.3) is 5.91 Å². The van der Waals surface area contributed by atoms with Crippen molar-refractivity contribution < 1.29 is 4.79 Å². The Labute approximate surface area is 156 Å². The number of nitrogens with zero attached hydrogens (tertiary/aromatic N) is 3. The van der Waals surface area contributed by atoms with Gasteiger partial charge in [-0.05, 0) is 41.0 Å². The van der Waals surface area contributed by atoms with E-state index in [0.29, 0.717) is 16.7 Å². The zero-order chi connectivity index (χ0) is 17.8. The van der Waals surface area contributed by atoms with Crippen LogP contribution < -0.4 is 5.32 Å². The molecule has 0 aliphatic carbocycles. The van der Waals surface area contributed by atoms with Gasteiger partial charge in [0.2, 0.25) is 0 Å². The molecule has 0 unspecified atom stereocenters. The van der Waals surface area contributed by atoms with Gasteiger partial charge in [0.15, 0.2) is 5.69 Å². The van der Waals surface area contributed by atoms with E-state index < -0.39 is 0 Å². The summed E-state index contributed by atoms with van der Waals surface area (Å²) in [4.78, 5) is 17.1. The highest BCUT2D eigenvalue weighted by molar-refractivity contribution is 9.10. The Bertz CT molecular complexity index is 737. The zero-order valence-electron chi connectivity index (χ0n) is 14.7. The zero-order valence-corrected chi connectivity index (χ0v) is 16.3. The Balaban J connectivity index is 1.56. The molecule has 2 N–H and O–H groups in total. The van der Waals surface area contributed by atoms with Crippen LogP contribution in [-0.2, 0) is 13.1 Å². The van der Waals surface area contributed by atoms with E-state index in [1.54, 1.807) is 0 Å². The van der Waals surface area contributed by atoms with E-state index in [9.17, 15) is 4.79 Å². The van der Waals surface area contributed by atoms with Crippen LogP contribution in [0.4, 0.5) is 0 Å². The van der Waals surface area contributed by atoms with Crippen LogP contribution >= 0.6 is 15.9 Å². The van der Waals surface area contributed by atoms with Crippen LogP contribution in [-0.4, -0.2) is 59.1 Å². The Kier molecular flexibility index (Phi) is 5.88. The fraction of sp³-hybridized carbons (Fsp3) is 0.444. The standard InChI is InChI=1S/C18H24BrN5O/c1-13-16(19)17(22-21-13)18(25)20-11-14-4-3-5-15(10-14)12-24-8-6-23(2)7-9-24/h3-5,10H,6-9,11-12H2,1-2H3,(H,20,25)(H,21,22). The topological polar surface area (TPSA) is 64.3 Å². The number of aromatic amines is 1. The van der Waals surface area contributed by atoms with Crippen molar-refractivity contribution in [3.05, 3.63) is 51.3 Å². The molecule has 2 heterocycles. The Hall–Kier alpha value is -1.70. The van der Waals surface area contributed by atoms with Gasteiger partial charge in [-0.2, -0.15) is 5.10 Å². The van der Waals surface area contributed by atoms with Gasteiger partial charge >= 0.3 is 0 Å². The lowest BCUT2D eigenvalue weighted by Gasteiger charge is -2.32. The first-order valence-electron chi connectivity index (χ1n) is 8.50. The lowest BCUT2D eigenvalue weighted by Crippen LogP contribution is -2.43. The number of aryl methyl sites for hydroxylation is 1. The molecule has 0 radical (unpaired) electrons. The van der Waals surface area contributed by atoms with E-state index >= 15 is 0 Å². The molecule has 1 aromatic carbocycles. The minimum Gasteiger partial charge on any atom is -0.347 e. The fourth-order valence-electron chi connectivity index (χ4n) is 2.93. The van der Waals surface area contributed by atoms with Crippen molar-refractivity contribution in [2.45, 2.75) is 20.0 Å². The highest BCUT2D eigenvalue weighted by Crippen LogP contribution is 2.18. The first-order valence-corrected chi connectivity index (χ1v) is 9.29. The molecule has 1 saturated heterocycles. The number of H-pyrrole nitrogens is 1. The average molecular weight is 406 g/mol. The van der Waals surface area contributed by atoms with E-state index in [1.165, 1.54) is 5.56 Å². The maximum atomic E-state index is 12.2. The number of rotatable bonds is 5. The third kappa shape index (κ3) is 4.68. The van der Waals surface area contributed by atoms with Crippen LogP contribution in [0.5, 0.6) is 0 Å². The molecule has 0 spiro atoms. The van der Waals surface area contributed by atoms with Crippen LogP contribution in [0.25, 0.3) is 0 Å². The molecule has 6 nitrogen and oxygen atoms in total. The number of aromatic nitrogens is 2. The monoisotopic (exact) mass is 405 g/mol. The second-order valence-electron chi connectivity index (χ2n) is 6.59. The molecule has 0 bridgehead atoms. The van der Waals surface area contributed by atoms with E-state index in [2.05, 4.69) is 66.5 Å². The molecule has 25 heavy (non-hydrogen) atoms. The molecule has 0 saturated carbocycles. The Morgan fingerprint density at radius 3 is 2.68 bits per heavy atom. The van der Waals surface area contributed by atoms with Crippen LogP contribution in [0.3, 0.4) is 0 Å². The third-order valence-corrected chi connectivity index (χ3v) is 5.50. The lowest BCUT2D eigenvalue weighted by atomic mass is 10.1. The number of hydrogen-bond acceptors (Lipinski definition) is 4. The predicted octanol–water partition coefficient (Wildman–Crippen LogP) is 2.16. The van der Waals surface area contributed by atoms with Gasteiger partial charge in [-0.25, -0.2) is 0 Å². The predicted molar refractivity (Wildman–Crippen MR) is 101 cm³/mol. The van der Waals surface area contributed by atoms with Crippen molar-refractivity contribution in [2.75, 3.05) is 33.2 Å². The van der Waals surface area contributed by atoms with Gasteiger partial charge in [-0.1, -0.05) is 24.3 Å². The summed E-state index contributed by atoms with van der Waals surface area (Å²) in [5.41, 5.74) is 3.63. The summed E-state index contributed by atoms with van der Waals surface area (Å²) in [6.45, 7) is 7.76. The van der Waals surface area contributed by atoms with Crippen molar-refractivity contribution in [2.24, 2.45) is 0 Å². The number of hydrogen-bond donors (Lipinski definition) is 2. The number of nitrogens with one attached hydrogen (secondary N) is 2. The summed E-state index contributed by atoms with van der Waals surface area (Å²) in [7, 11) is 2.17. The quantitative estimate of drug-likeness (QED) is 0.799. The maximum absolute atomic E-state index is 12.2. The molecule has 1 fully saturated rings. The minimum absolute atomic E-state index is 0.180. The molecular weight excluding hydrogens is 382 g/mol. The van der Waals surface area contributed by atoms with Crippen molar-refractivity contribution in [1.82, 2.24) is 25.3 Å². The maximum Gasteiger partial charge on any atom is 0.273 e. The van der Waals surface area contributed by atoms with Gasteiger partial charge < -0.3 is 10.2 Å². The van der Waals surface area contributed by atoms with Crippen LogP contribution in [0, 0.1) is 6.92 Å². The van der Waals surface area contributed by atoms with Crippen LogP contribution in [0.2, 0.25) is 0 Å². The van der Waals surface area contributed by atoms with E-state index in [4.69, 9.17) is 0 Å². The second kappa shape index (κ2) is 8.12. The van der Waals surface area contributed by atoms with Crippen molar-refractivity contribution in [3.63, 3.8) is 0 Å². The normalized spacial score (nSPS) is 16.1. The molecule has 1 aliphatic rings. The summed E-state index contributed by atoms with van der Waals surface area (Å²) in [5, 5.41) is 9.78. The lowest BCUT2D eigenvalue weighted by molar-refractivity contribution is 0.0945. The minimum atomic E-state index is -0.180. The summed E-state index contributed by atoms with van der Waals surface area (Å²) >= 11 is 3.38. The van der Waals surface area contributed by atoms with Crippen molar-refractivity contribution in [3.8, 4) is 0 Å². The van der Waals surface area contributed by atoms with Gasteiger partial charge in [-0.15, -0.1) is 0 Å². The van der Waals surface area contributed by atoms with Gasteiger partial charge in [0.05, 0.1) is 4.47 Å². The Morgan fingerprint density at radius 1 is 1.28 bits per heavy atom. The molecule has 1 amide bonds. The second-order valence-corrected chi connectivity index (χ2v) is 7.39. The molecule has 7 heteroatoms. The van der Waals surface area contributed by atoms with Crippen LogP contribution in [0.1, 0.15) is 27.3 Å². The summed E-state index contributed by atoms with van der Waals surface area (Å²) in [6.07, 6.45) is 0. The van der Waals surface area contributed by atoms with Gasteiger partial charge in [0.1, 0.15) is 0 Å². The number of amides is 1. The first-order chi connectivity index (χ1) is 12.0. The number of halogens is 1. The number of carbonyl (C=O) groups excluding carboxylic acids is 1. The molecule has 134 valence electrons. The van der Waals surface area contributed by atoms with E-state index in [0.717, 1.165) is 44.0 Å². The SMILES string of the molecule is Cc1[nH]nc(C(=O)NCc2cccc(CN3CCN(C)CC3)c2)c1Br. The number of likely N-dealkylation sites (N-methyl/N-ethyl adjacent to an activating group) is 1. The average Bonchev–Trinajstić information content (AvgIpc) is 2.94. The molecule has 3 rings (SSSR count). The first kappa shape index (κ1) is 18.1. The van der Waals surface area contributed by atoms with Crippen LogP contribution in [0.15, 0.2) is 28.7 Å². The molecule has 0 atom stereocenters. The van der Waals surface area contributed by atoms with Gasteiger partial charge in [-0.3, -0.25) is 14.8 Å². The summed E-state index contributed by atoms with van der Waals surface area (Å²) in [5.74, 6) is -0.180. The fourth-order valence-corrected chi connectivity index (χ4v) is 3.29. The highest BCUT2D eigenvalue weighted by Gasteiger charge is 2.16. The Morgan fingerprint density at radius 2 is 2.00 bits per heavy atom. The molecule has 2 aromatic rings. The molecular formula is C18H24BrN5O.